The van der Waals surface area contributed by atoms with Crippen molar-refractivity contribution >= 4 is 45.6 Å². The van der Waals surface area contributed by atoms with E-state index in [0.29, 0.717) is 35.7 Å². The molecular formula is C35H31ClFN5O4S. The van der Waals surface area contributed by atoms with Gasteiger partial charge >= 0.3 is 0 Å². The number of para-hydroxylation sites is 1. The predicted molar refractivity (Wildman–Crippen MR) is 185 cm³/mol. The minimum absolute atomic E-state index is 0. The van der Waals surface area contributed by atoms with Crippen LogP contribution in [0.1, 0.15) is 21.5 Å². The number of hydrogen-bond donors (Lipinski definition) is 2. The number of pyridine rings is 3. The maximum atomic E-state index is 15.3. The number of carbonyl (C=O) groups excluding carboxylic acids is 1. The van der Waals surface area contributed by atoms with E-state index in [2.05, 4.69) is 20.6 Å². The normalized spacial score (nSPS) is 10.9. The summed E-state index contributed by atoms with van der Waals surface area (Å²) in [5, 5.41) is 5.95. The number of anilines is 1. The molecule has 0 aliphatic rings. The number of rotatable bonds is 11. The van der Waals surface area contributed by atoms with Gasteiger partial charge in [-0.2, -0.15) is 0 Å². The van der Waals surface area contributed by atoms with Crippen LogP contribution in [0, 0.1) is 12.7 Å². The Balaban J connectivity index is 0.00000433. The molecule has 0 bridgehead atoms. The topological polar surface area (TPSA) is 107 Å². The van der Waals surface area contributed by atoms with E-state index in [1.54, 1.807) is 50.7 Å². The molecule has 6 aromatic rings. The number of aryl methyl sites for hydroxylation is 1. The predicted octanol–water partition coefficient (Wildman–Crippen LogP) is 7.16. The fourth-order valence-electron chi connectivity index (χ4n) is 4.87. The molecule has 0 unspecified atom stereocenters. The molecule has 1 amide bonds. The first kappa shape index (κ1) is 33.4. The van der Waals surface area contributed by atoms with Crippen molar-refractivity contribution in [2.24, 2.45) is 0 Å². The summed E-state index contributed by atoms with van der Waals surface area (Å²) in [6.07, 6.45) is 5.06. The lowest BCUT2D eigenvalue weighted by Gasteiger charge is -2.12. The van der Waals surface area contributed by atoms with E-state index < -0.39 is 17.3 Å². The molecule has 0 radical (unpaired) electrons. The van der Waals surface area contributed by atoms with E-state index >= 15 is 4.39 Å². The van der Waals surface area contributed by atoms with Crippen molar-refractivity contribution in [3.05, 3.63) is 130 Å². The molecule has 240 valence electrons. The van der Waals surface area contributed by atoms with E-state index in [1.165, 1.54) is 28.0 Å². The van der Waals surface area contributed by atoms with Crippen molar-refractivity contribution in [2.75, 3.05) is 25.6 Å². The number of amides is 1. The Morgan fingerprint density at radius 2 is 1.83 bits per heavy atom. The minimum Gasteiger partial charge on any atom is -0.453 e. The zero-order valence-electron chi connectivity index (χ0n) is 25.5. The van der Waals surface area contributed by atoms with Crippen LogP contribution in [-0.2, 0) is 11.3 Å². The van der Waals surface area contributed by atoms with Crippen molar-refractivity contribution in [1.29, 1.82) is 0 Å². The van der Waals surface area contributed by atoms with Crippen LogP contribution in [0.3, 0.4) is 0 Å². The van der Waals surface area contributed by atoms with Gasteiger partial charge in [0.15, 0.2) is 11.6 Å². The molecule has 4 aromatic heterocycles. The van der Waals surface area contributed by atoms with Crippen molar-refractivity contribution in [2.45, 2.75) is 13.5 Å². The number of fused-ring (bicyclic) bond motifs is 1. The van der Waals surface area contributed by atoms with Crippen LogP contribution in [0.25, 0.3) is 26.5 Å². The average Bonchev–Trinajstić information content (AvgIpc) is 3.51. The first-order valence-corrected chi connectivity index (χ1v) is 15.3. The van der Waals surface area contributed by atoms with Crippen molar-refractivity contribution in [1.82, 2.24) is 19.9 Å². The van der Waals surface area contributed by atoms with Crippen molar-refractivity contribution in [3.8, 4) is 27.8 Å². The number of methoxy groups -OCH3 is 1. The van der Waals surface area contributed by atoms with Crippen LogP contribution in [0.15, 0.2) is 102 Å². The van der Waals surface area contributed by atoms with Crippen LogP contribution in [-0.4, -0.2) is 40.7 Å². The number of hydrogen-bond acceptors (Lipinski definition) is 8. The maximum Gasteiger partial charge on any atom is 0.268 e. The molecule has 47 heavy (non-hydrogen) atoms. The third-order valence-corrected chi connectivity index (χ3v) is 8.40. The van der Waals surface area contributed by atoms with Crippen molar-refractivity contribution < 1.29 is 18.7 Å². The molecule has 0 aliphatic heterocycles. The molecule has 0 fully saturated rings. The van der Waals surface area contributed by atoms with Gasteiger partial charge in [-0.3, -0.25) is 24.1 Å². The van der Waals surface area contributed by atoms with Gasteiger partial charge in [-0.15, -0.1) is 23.7 Å². The summed E-state index contributed by atoms with van der Waals surface area (Å²) in [4.78, 5) is 36.4. The number of nitrogens with one attached hydrogen (secondary N) is 2. The molecule has 2 aromatic carbocycles. The fraction of sp³-hybridized carbons (Fsp3) is 0.143. The molecule has 0 spiro atoms. The first-order valence-electron chi connectivity index (χ1n) is 14.5. The highest BCUT2D eigenvalue weighted by Gasteiger charge is 2.18. The highest BCUT2D eigenvalue weighted by Crippen LogP contribution is 2.39. The van der Waals surface area contributed by atoms with Gasteiger partial charge in [-0.05, 0) is 60.5 Å². The van der Waals surface area contributed by atoms with Crippen LogP contribution in [0.2, 0.25) is 0 Å². The second-order valence-corrected chi connectivity index (χ2v) is 11.5. The van der Waals surface area contributed by atoms with E-state index in [1.807, 2.05) is 42.6 Å². The molecule has 2 N–H and O–H groups in total. The molecular weight excluding hydrogens is 641 g/mol. The van der Waals surface area contributed by atoms with Gasteiger partial charge in [0.25, 0.3) is 11.5 Å². The van der Waals surface area contributed by atoms with E-state index in [-0.39, 0.29) is 29.4 Å². The Morgan fingerprint density at radius 1 is 1.00 bits per heavy atom. The standard InChI is InChI=1S/C35H30FN5O4S.ClH/c1-22-13-16-41(25-6-4-3-5-7-25)35(43)32(22)34(42)40-24-9-11-29(26(36)18-24)45-30-12-14-38-28-19-31(46-33(28)30)27-10-8-23(21-39-27)20-37-15-17-44-2;/h3-14,16,18-19,21,37H,15,17,20H2,1-2H3,(H,40,42);1H. The number of carbonyl (C=O) groups is 1. The first-order chi connectivity index (χ1) is 22.4. The summed E-state index contributed by atoms with van der Waals surface area (Å²) in [6, 6.07) is 22.4. The van der Waals surface area contributed by atoms with Crippen LogP contribution < -0.4 is 20.9 Å². The Morgan fingerprint density at radius 3 is 2.57 bits per heavy atom. The Labute approximate surface area is 280 Å². The summed E-state index contributed by atoms with van der Waals surface area (Å²) in [5.41, 5.74) is 3.39. The van der Waals surface area contributed by atoms with Gasteiger partial charge in [0, 0.05) is 62.3 Å². The number of thiophene rings is 1. The van der Waals surface area contributed by atoms with Gasteiger partial charge < -0.3 is 20.1 Å². The Bertz CT molecular complexity index is 2070. The number of nitrogens with zero attached hydrogens (tertiary/aromatic N) is 3. The maximum absolute atomic E-state index is 15.3. The third-order valence-electron chi connectivity index (χ3n) is 7.24. The van der Waals surface area contributed by atoms with Crippen LogP contribution in [0.4, 0.5) is 10.1 Å². The molecule has 0 saturated carbocycles. The molecule has 0 aliphatic carbocycles. The largest absolute Gasteiger partial charge is 0.453 e. The third kappa shape index (κ3) is 7.55. The second kappa shape index (κ2) is 15.1. The van der Waals surface area contributed by atoms with E-state index in [0.717, 1.165) is 33.4 Å². The summed E-state index contributed by atoms with van der Waals surface area (Å²) >= 11 is 1.45. The highest BCUT2D eigenvalue weighted by atomic mass is 35.5. The van der Waals surface area contributed by atoms with Crippen molar-refractivity contribution in [3.63, 3.8) is 0 Å². The zero-order chi connectivity index (χ0) is 32.0. The molecule has 0 atom stereocenters. The SMILES string of the molecule is COCCNCc1ccc(-c2cc3nccc(Oc4ccc(NC(=O)c5c(C)ccn(-c6ccccc6)c5=O)cc4F)c3s2)nc1.Cl. The number of ether oxygens (including phenoxy) is 2. The van der Waals surface area contributed by atoms with E-state index in [9.17, 15) is 9.59 Å². The number of benzene rings is 2. The molecule has 9 nitrogen and oxygen atoms in total. The fourth-order valence-corrected chi connectivity index (χ4v) is 5.91. The van der Waals surface area contributed by atoms with E-state index in [4.69, 9.17) is 9.47 Å². The quantitative estimate of drug-likeness (QED) is 0.141. The second-order valence-electron chi connectivity index (χ2n) is 10.4. The Hall–Kier alpha value is -4.94. The minimum atomic E-state index is -0.678. The lowest BCUT2D eigenvalue weighted by atomic mass is 10.1. The highest BCUT2D eigenvalue weighted by molar-refractivity contribution is 7.22. The summed E-state index contributed by atoms with van der Waals surface area (Å²) in [7, 11) is 1.67. The van der Waals surface area contributed by atoms with Gasteiger partial charge in [0.2, 0.25) is 0 Å². The Kier molecular flexibility index (Phi) is 10.7. The molecule has 6 rings (SSSR count). The zero-order valence-corrected chi connectivity index (χ0v) is 27.2. The van der Waals surface area contributed by atoms with Crippen LogP contribution in [0.5, 0.6) is 11.5 Å². The number of halogens is 2. The summed E-state index contributed by atoms with van der Waals surface area (Å²) in [5.74, 6) is -0.891. The number of aromatic nitrogens is 3. The summed E-state index contributed by atoms with van der Waals surface area (Å²) in [6.45, 7) is 3.77. The molecule has 4 heterocycles. The van der Waals surface area contributed by atoms with Gasteiger partial charge in [-0.1, -0.05) is 24.3 Å². The lowest BCUT2D eigenvalue weighted by Crippen LogP contribution is -2.29. The lowest BCUT2D eigenvalue weighted by molar-refractivity contribution is 0.102. The average molecular weight is 672 g/mol. The van der Waals surface area contributed by atoms with Crippen LogP contribution >= 0.6 is 23.7 Å². The smallest absolute Gasteiger partial charge is 0.268 e. The van der Waals surface area contributed by atoms with Gasteiger partial charge in [-0.25, -0.2) is 4.39 Å². The monoisotopic (exact) mass is 671 g/mol. The van der Waals surface area contributed by atoms with Gasteiger partial charge in [0.05, 0.1) is 27.4 Å². The van der Waals surface area contributed by atoms with Gasteiger partial charge in [0.1, 0.15) is 11.3 Å². The molecule has 12 heteroatoms. The molecule has 0 saturated heterocycles. The summed E-state index contributed by atoms with van der Waals surface area (Å²) < 4.78 is 28.5.